The van der Waals surface area contributed by atoms with E-state index in [0.29, 0.717) is 34.5 Å². The lowest BCUT2D eigenvalue weighted by Crippen LogP contribution is -2.24. The van der Waals surface area contributed by atoms with E-state index in [1.807, 2.05) is 31.2 Å². The first-order valence-electron chi connectivity index (χ1n) is 12.8. The maximum absolute atomic E-state index is 15.0. The van der Waals surface area contributed by atoms with Gasteiger partial charge in [-0.2, -0.15) is 4.98 Å². The molecule has 4 aromatic rings. The molecular weight excluding hydrogens is 503 g/mol. The molecule has 7 nitrogen and oxygen atoms in total. The van der Waals surface area contributed by atoms with Crippen LogP contribution in [0.2, 0.25) is 5.02 Å². The minimum absolute atomic E-state index is 0.0178. The van der Waals surface area contributed by atoms with E-state index in [2.05, 4.69) is 21.9 Å². The van der Waals surface area contributed by atoms with E-state index in [1.165, 1.54) is 4.57 Å². The molecule has 0 radical (unpaired) electrons. The summed E-state index contributed by atoms with van der Waals surface area (Å²) in [5.41, 5.74) is 15.2. The van der Waals surface area contributed by atoms with Gasteiger partial charge in [0.2, 0.25) is 0 Å². The van der Waals surface area contributed by atoms with Gasteiger partial charge in [-0.3, -0.25) is 4.57 Å². The van der Waals surface area contributed by atoms with Crippen LogP contribution in [0.15, 0.2) is 66.1 Å². The molecule has 2 aromatic carbocycles. The van der Waals surface area contributed by atoms with Crippen molar-refractivity contribution in [2.24, 2.45) is 11.5 Å². The van der Waals surface area contributed by atoms with Gasteiger partial charge >= 0.3 is 5.69 Å². The lowest BCUT2D eigenvalue weighted by Gasteiger charge is -2.09. The molecule has 0 fully saturated rings. The molecule has 2 atom stereocenters. The van der Waals surface area contributed by atoms with Crippen molar-refractivity contribution in [3.05, 3.63) is 93.8 Å². The second-order valence-corrected chi connectivity index (χ2v) is 10.1. The van der Waals surface area contributed by atoms with Crippen LogP contribution in [0.5, 0.6) is 0 Å². The predicted molar refractivity (Wildman–Crippen MR) is 153 cm³/mol. The first-order valence-corrected chi connectivity index (χ1v) is 13.2. The third kappa shape index (κ3) is 6.76. The van der Waals surface area contributed by atoms with Crippen molar-refractivity contribution in [2.75, 3.05) is 6.54 Å². The average Bonchev–Trinajstić information content (AvgIpc) is 3.30. The number of rotatable bonds is 12. The molecule has 9 heteroatoms. The van der Waals surface area contributed by atoms with E-state index in [9.17, 15) is 4.79 Å². The van der Waals surface area contributed by atoms with Gasteiger partial charge in [0.15, 0.2) is 5.82 Å². The molecule has 2 heterocycles. The summed E-state index contributed by atoms with van der Waals surface area (Å²) in [6, 6.07) is 13.0. The number of nitrogens with two attached hydrogens (primary N) is 2. The number of aryl methyl sites for hydroxylation is 1. The first-order chi connectivity index (χ1) is 18.2. The third-order valence-corrected chi connectivity index (χ3v) is 6.79. The second-order valence-electron chi connectivity index (χ2n) is 9.72. The maximum atomic E-state index is 15.0. The van der Waals surface area contributed by atoms with Crippen molar-refractivity contribution in [3.63, 3.8) is 0 Å². The van der Waals surface area contributed by atoms with Crippen LogP contribution in [0.3, 0.4) is 0 Å². The Labute approximate surface area is 226 Å². The Morgan fingerprint density at radius 1 is 1.18 bits per heavy atom. The number of nitrogens with zero attached hydrogens (tertiary/aromatic N) is 2. The van der Waals surface area contributed by atoms with Gasteiger partial charge in [0.25, 0.3) is 0 Å². The van der Waals surface area contributed by atoms with Crippen molar-refractivity contribution in [1.82, 2.24) is 19.9 Å². The number of halogens is 2. The molecule has 4 rings (SSSR count). The number of fused-ring (bicyclic) bond motifs is 1. The van der Waals surface area contributed by atoms with Crippen molar-refractivity contribution >= 4 is 22.6 Å². The highest BCUT2D eigenvalue weighted by molar-refractivity contribution is 6.31. The molecule has 0 bridgehead atoms. The largest absolute Gasteiger partial charge is 0.354 e. The van der Waals surface area contributed by atoms with Crippen molar-refractivity contribution in [3.8, 4) is 16.9 Å². The Hall–Kier alpha value is -3.30. The number of benzene rings is 2. The quantitative estimate of drug-likeness (QED) is 0.153. The smallest absolute Gasteiger partial charge is 0.339 e. The number of H-pyrrole nitrogens is 1. The summed E-state index contributed by atoms with van der Waals surface area (Å²) in [5, 5.41) is 4.09. The third-order valence-electron chi connectivity index (χ3n) is 6.51. The van der Waals surface area contributed by atoms with Gasteiger partial charge in [-0.1, -0.05) is 29.8 Å². The maximum Gasteiger partial charge on any atom is 0.354 e. The fourth-order valence-corrected chi connectivity index (χ4v) is 4.57. The van der Waals surface area contributed by atoms with Crippen LogP contribution in [0.25, 0.3) is 28.0 Å². The lowest BCUT2D eigenvalue weighted by atomic mass is 10.0. The number of aromatic nitrogens is 3. The molecule has 6 N–H and O–H groups in total. The zero-order chi connectivity index (χ0) is 27.2. The van der Waals surface area contributed by atoms with Crippen molar-refractivity contribution in [2.45, 2.75) is 51.2 Å². The van der Waals surface area contributed by atoms with Crippen LogP contribution < -0.4 is 22.5 Å². The zero-order valence-corrected chi connectivity index (χ0v) is 22.3. The number of hydrogen-bond acceptors (Lipinski definition) is 5. The molecule has 0 aliphatic heterocycles. The van der Waals surface area contributed by atoms with Gasteiger partial charge in [-0.25, -0.2) is 9.18 Å². The van der Waals surface area contributed by atoms with E-state index < -0.39 is 11.5 Å². The molecule has 0 unspecified atom stereocenters. The Balaban J connectivity index is 1.55. The van der Waals surface area contributed by atoms with Gasteiger partial charge in [0.1, 0.15) is 5.65 Å². The summed E-state index contributed by atoms with van der Waals surface area (Å²) in [7, 11) is 0. The van der Waals surface area contributed by atoms with E-state index in [-0.39, 0.29) is 17.1 Å². The molecular formula is C29H34ClFN6O. The van der Waals surface area contributed by atoms with Gasteiger partial charge in [0.05, 0.1) is 16.4 Å². The Bertz CT molecular complexity index is 1460. The van der Waals surface area contributed by atoms with Crippen molar-refractivity contribution < 1.29 is 4.39 Å². The Kier molecular flexibility index (Phi) is 9.12. The zero-order valence-electron chi connectivity index (χ0n) is 21.5. The number of hydrogen-bond donors (Lipinski definition) is 4. The number of aromatic amines is 1. The Morgan fingerprint density at radius 3 is 2.66 bits per heavy atom. The average molecular weight is 537 g/mol. The van der Waals surface area contributed by atoms with E-state index >= 15 is 4.39 Å². The normalized spacial score (nSPS) is 13.1. The van der Waals surface area contributed by atoms with Crippen LogP contribution in [-0.2, 0) is 13.0 Å². The fourth-order valence-electron chi connectivity index (χ4n) is 4.33. The van der Waals surface area contributed by atoms with Gasteiger partial charge < -0.3 is 21.8 Å². The monoisotopic (exact) mass is 536 g/mol. The van der Waals surface area contributed by atoms with Gasteiger partial charge in [0, 0.05) is 35.8 Å². The van der Waals surface area contributed by atoms with Crippen LogP contribution >= 0.6 is 11.6 Å². The van der Waals surface area contributed by atoms with Crippen LogP contribution in [0.4, 0.5) is 4.39 Å². The van der Waals surface area contributed by atoms with Gasteiger partial charge in [-0.05, 0) is 80.6 Å². The standard InChI is InChI=1S/C29H34ClFN6O/c1-3-22(33)11-12-34-16-19-7-9-23(10-8-19)37-17-21-15-26(35-28(21)36-29(37)38)24-13-20(6-4-5-18(2)32)14-25(30)27(24)31/h3,7-10,13-15,17-18,22,34H,1,4-6,11-12,16,32-33H2,2H3,(H,35,36,38)/t18-,22+/m0/s1. The fraction of sp³-hybridized carbons (Fsp3) is 0.310. The van der Waals surface area contributed by atoms with Crippen LogP contribution in [-0.4, -0.2) is 33.2 Å². The molecule has 0 saturated carbocycles. The van der Waals surface area contributed by atoms with Gasteiger partial charge in [-0.15, -0.1) is 6.58 Å². The van der Waals surface area contributed by atoms with E-state index in [1.54, 1.807) is 30.5 Å². The summed E-state index contributed by atoms with van der Waals surface area (Å²) in [6.45, 7) is 7.13. The second kappa shape index (κ2) is 12.5. The van der Waals surface area contributed by atoms with E-state index in [4.69, 9.17) is 23.1 Å². The minimum Gasteiger partial charge on any atom is -0.339 e. The van der Waals surface area contributed by atoms with Crippen LogP contribution in [0.1, 0.15) is 37.3 Å². The highest BCUT2D eigenvalue weighted by Crippen LogP contribution is 2.31. The lowest BCUT2D eigenvalue weighted by molar-refractivity contribution is 0.615. The van der Waals surface area contributed by atoms with Crippen LogP contribution in [0, 0.1) is 5.82 Å². The molecule has 0 aliphatic carbocycles. The molecule has 0 saturated heterocycles. The topological polar surface area (TPSA) is 115 Å². The summed E-state index contributed by atoms with van der Waals surface area (Å²) in [6.07, 6.45) is 6.75. The molecule has 0 aliphatic rings. The van der Waals surface area contributed by atoms with E-state index in [0.717, 1.165) is 43.4 Å². The summed E-state index contributed by atoms with van der Waals surface area (Å²) >= 11 is 6.22. The van der Waals surface area contributed by atoms with Crippen molar-refractivity contribution in [1.29, 1.82) is 0 Å². The molecule has 2 aromatic heterocycles. The summed E-state index contributed by atoms with van der Waals surface area (Å²) in [4.78, 5) is 20.1. The molecule has 200 valence electrons. The molecule has 0 spiro atoms. The summed E-state index contributed by atoms with van der Waals surface area (Å²) in [5.74, 6) is -0.514. The number of nitrogens with one attached hydrogen (secondary N) is 2. The Morgan fingerprint density at radius 2 is 1.95 bits per heavy atom. The molecule has 38 heavy (non-hydrogen) atoms. The highest BCUT2D eigenvalue weighted by atomic mass is 35.5. The summed E-state index contributed by atoms with van der Waals surface area (Å²) < 4.78 is 16.5. The SMILES string of the molecule is C=C[C@@H](N)CCNCc1ccc(-n2cc3cc(-c4cc(CCC[C@H](C)N)cc(Cl)c4F)[nH]c3nc2=O)cc1. The predicted octanol–water partition coefficient (Wildman–Crippen LogP) is 4.84. The highest BCUT2D eigenvalue weighted by Gasteiger charge is 2.15. The first kappa shape index (κ1) is 27.7. The molecule has 0 amide bonds. The minimum atomic E-state index is -0.514.